The van der Waals surface area contributed by atoms with Crippen molar-refractivity contribution in [1.29, 1.82) is 0 Å². The van der Waals surface area contributed by atoms with Gasteiger partial charge in [-0.2, -0.15) is 10.2 Å². The number of esters is 3. The van der Waals surface area contributed by atoms with Gasteiger partial charge in [0.25, 0.3) is 0 Å². The van der Waals surface area contributed by atoms with Crippen molar-refractivity contribution in [1.82, 2.24) is 19.7 Å². The Hall–Kier alpha value is -4.37. The fourth-order valence-electron chi connectivity index (χ4n) is 6.98. The molecule has 0 radical (unpaired) electrons. The lowest BCUT2D eigenvalue weighted by Gasteiger charge is -2.33. The maximum Gasteiger partial charge on any atom is 0.459 e. The number of nitrogens with one attached hydrogen (secondary N) is 1. The summed E-state index contributed by atoms with van der Waals surface area (Å²) in [4.78, 5) is 48.3. The van der Waals surface area contributed by atoms with Crippen molar-refractivity contribution in [2.45, 2.75) is 117 Å². The third-order valence-electron chi connectivity index (χ3n) is 10.5. The highest BCUT2D eigenvalue weighted by Crippen LogP contribution is 2.49. The smallest absolute Gasteiger partial charge is 0.459 e. The fourth-order valence-corrected chi connectivity index (χ4v) is 8.48. The standard InChI is InChI=1S/C40H57N6O10P/c1-9-27(10-2)20-51-39(49)26(7)45-57(50,56-30-16-15-28-13-11-12-14-29(28)19-30)52-21-32-34(53-37(47)24(3)4)35(54-38(48)25(5)6)40(55-32,22-42-8)33-18-17-31-36(41)43-23-44-46(31)33/h15-19,23-27,32,34-35H,8-14,20-22H2,1-7H3,(H,45,50)(H2,41,43,44)/t26-,32+,34+,35+,40-,57?/m0/s1. The Kier molecular flexibility index (Phi) is 14.5. The van der Waals surface area contributed by atoms with Crippen LogP contribution < -0.4 is 15.3 Å². The molecule has 312 valence electrons. The van der Waals surface area contributed by atoms with E-state index in [2.05, 4.69) is 26.9 Å². The SMILES string of the molecule is C=NC[C@@]1(c2ccc3c(N)ncnn23)O[C@H](COP(=O)(N[C@@H](C)C(=O)OCC(CC)CC)Oc2ccc3c(c2)CCCC3)[C@@H](OC(=O)C(C)C)[C@H]1OC(=O)C(C)C. The number of nitrogen functional groups attached to an aromatic ring is 1. The Labute approximate surface area is 334 Å². The molecule has 0 spiro atoms. The van der Waals surface area contributed by atoms with E-state index >= 15 is 0 Å². The number of nitrogens with zero attached hydrogens (tertiary/aromatic N) is 4. The molecule has 16 nitrogen and oxygen atoms in total. The molecule has 0 saturated carbocycles. The van der Waals surface area contributed by atoms with Crippen molar-refractivity contribution >= 4 is 43.7 Å². The second kappa shape index (κ2) is 18.9. The van der Waals surface area contributed by atoms with Crippen LogP contribution in [0.3, 0.4) is 0 Å². The number of aliphatic imine (C=N–C) groups is 1. The lowest BCUT2D eigenvalue weighted by molar-refractivity contribution is -0.175. The Morgan fingerprint density at radius 1 is 1.02 bits per heavy atom. The van der Waals surface area contributed by atoms with E-state index in [-0.39, 0.29) is 30.6 Å². The summed E-state index contributed by atoms with van der Waals surface area (Å²) in [6.45, 7) is 15.4. The molecule has 1 aromatic carbocycles. The number of aromatic nitrogens is 3. The van der Waals surface area contributed by atoms with Crippen LogP contribution in [0.2, 0.25) is 0 Å². The number of carbonyl (C=O) groups is 3. The Bertz CT molecular complexity index is 1950. The number of ether oxygens (including phenoxy) is 4. The largest absolute Gasteiger partial charge is 0.464 e. The molecule has 6 atom stereocenters. The van der Waals surface area contributed by atoms with Gasteiger partial charge in [-0.1, -0.05) is 60.5 Å². The number of hydrogen-bond donors (Lipinski definition) is 2. The van der Waals surface area contributed by atoms with Crippen molar-refractivity contribution < 1.29 is 46.9 Å². The number of hydrogen-bond acceptors (Lipinski definition) is 14. The second-order valence-corrected chi connectivity index (χ2v) is 17.0. The maximum atomic E-state index is 14.9. The van der Waals surface area contributed by atoms with Gasteiger partial charge in [-0.05, 0) is 80.6 Å². The van der Waals surface area contributed by atoms with E-state index in [0.717, 1.165) is 44.1 Å². The molecule has 3 N–H and O–H groups in total. The number of rotatable bonds is 19. The molecule has 0 amide bonds. The normalized spacial score (nSPS) is 22.2. The number of anilines is 1. The number of fused-ring (bicyclic) bond motifs is 2. The quantitative estimate of drug-likeness (QED) is 0.0638. The minimum Gasteiger partial charge on any atom is -0.464 e. The van der Waals surface area contributed by atoms with E-state index in [1.807, 2.05) is 26.0 Å². The van der Waals surface area contributed by atoms with Crippen molar-refractivity contribution in [3.05, 3.63) is 53.5 Å². The molecule has 3 heterocycles. The van der Waals surface area contributed by atoms with Crippen LogP contribution in [0.5, 0.6) is 5.75 Å². The first-order valence-corrected chi connectivity index (χ1v) is 21.3. The topological polar surface area (TPSA) is 204 Å². The van der Waals surface area contributed by atoms with Gasteiger partial charge in [0.05, 0.1) is 37.3 Å². The zero-order valence-corrected chi connectivity index (χ0v) is 34.9. The first-order valence-electron chi connectivity index (χ1n) is 19.8. The molecule has 1 aliphatic carbocycles. The van der Waals surface area contributed by atoms with Gasteiger partial charge in [0.15, 0.2) is 23.6 Å². The molecule has 1 unspecified atom stereocenters. The Morgan fingerprint density at radius 2 is 1.70 bits per heavy atom. The fraction of sp³-hybridized carbons (Fsp3) is 0.600. The maximum absolute atomic E-state index is 14.9. The van der Waals surface area contributed by atoms with Gasteiger partial charge in [0.1, 0.15) is 29.7 Å². The van der Waals surface area contributed by atoms with Gasteiger partial charge in [0.2, 0.25) is 0 Å². The molecule has 1 saturated heterocycles. The molecule has 2 aromatic heterocycles. The second-order valence-electron chi connectivity index (χ2n) is 15.3. The van der Waals surface area contributed by atoms with Crippen LogP contribution in [0.25, 0.3) is 5.52 Å². The van der Waals surface area contributed by atoms with Crippen molar-refractivity contribution in [2.24, 2.45) is 22.7 Å². The number of nitrogens with two attached hydrogens (primary N) is 1. The van der Waals surface area contributed by atoms with Crippen molar-refractivity contribution in [3.8, 4) is 5.75 Å². The van der Waals surface area contributed by atoms with Crippen LogP contribution in [0.15, 0.2) is 41.7 Å². The highest BCUT2D eigenvalue weighted by Gasteiger charge is 2.62. The highest BCUT2D eigenvalue weighted by atomic mass is 31.2. The number of carbonyl (C=O) groups excluding carboxylic acids is 3. The van der Waals surface area contributed by atoms with Gasteiger partial charge in [0, 0.05) is 0 Å². The molecular weight excluding hydrogens is 755 g/mol. The highest BCUT2D eigenvalue weighted by molar-refractivity contribution is 7.52. The van der Waals surface area contributed by atoms with Crippen LogP contribution >= 0.6 is 7.75 Å². The third-order valence-corrected chi connectivity index (χ3v) is 12.1. The van der Waals surface area contributed by atoms with Crippen molar-refractivity contribution in [3.63, 3.8) is 0 Å². The van der Waals surface area contributed by atoms with Gasteiger partial charge in [-0.25, -0.2) is 14.1 Å². The summed E-state index contributed by atoms with van der Waals surface area (Å²) in [6.07, 6.45) is 2.86. The Morgan fingerprint density at radius 3 is 2.37 bits per heavy atom. The van der Waals surface area contributed by atoms with E-state index < -0.39 is 74.1 Å². The van der Waals surface area contributed by atoms with E-state index in [1.165, 1.54) is 23.3 Å². The lowest BCUT2D eigenvalue weighted by atomic mass is 9.90. The summed E-state index contributed by atoms with van der Waals surface area (Å²) in [7, 11) is -4.46. The lowest BCUT2D eigenvalue weighted by Crippen LogP contribution is -2.49. The van der Waals surface area contributed by atoms with Crippen LogP contribution in [0.1, 0.15) is 91.0 Å². The summed E-state index contributed by atoms with van der Waals surface area (Å²) >= 11 is 0. The first-order chi connectivity index (χ1) is 27.1. The third kappa shape index (κ3) is 10.0. The molecule has 1 fully saturated rings. The minimum atomic E-state index is -4.46. The average molecular weight is 813 g/mol. The van der Waals surface area contributed by atoms with E-state index in [0.29, 0.717) is 11.2 Å². The molecular formula is C40H57N6O10P. The van der Waals surface area contributed by atoms with Crippen LogP contribution in [0, 0.1) is 17.8 Å². The summed E-state index contributed by atoms with van der Waals surface area (Å²) < 4.78 is 53.3. The molecule has 1 aliphatic heterocycles. The van der Waals surface area contributed by atoms with E-state index in [1.54, 1.807) is 45.9 Å². The van der Waals surface area contributed by atoms with Gasteiger partial charge in [-0.15, -0.1) is 0 Å². The van der Waals surface area contributed by atoms with Gasteiger partial charge < -0.3 is 29.2 Å². The first kappa shape index (κ1) is 43.7. The zero-order chi connectivity index (χ0) is 41.5. The zero-order valence-electron chi connectivity index (χ0n) is 34.0. The monoisotopic (exact) mass is 812 g/mol. The molecule has 2 aliphatic rings. The average Bonchev–Trinajstić information content (AvgIpc) is 3.74. The van der Waals surface area contributed by atoms with Crippen LogP contribution in [-0.2, 0) is 60.9 Å². The number of aryl methyl sites for hydroxylation is 2. The minimum absolute atomic E-state index is 0.171. The molecule has 3 aromatic rings. The summed E-state index contributed by atoms with van der Waals surface area (Å²) in [5, 5.41) is 7.16. The summed E-state index contributed by atoms with van der Waals surface area (Å²) in [5.74, 6) is -2.42. The molecule has 57 heavy (non-hydrogen) atoms. The summed E-state index contributed by atoms with van der Waals surface area (Å²) in [6, 6.07) is 7.70. The van der Waals surface area contributed by atoms with Crippen LogP contribution in [0.4, 0.5) is 5.82 Å². The van der Waals surface area contributed by atoms with Gasteiger partial charge in [-0.3, -0.25) is 23.9 Å². The van der Waals surface area contributed by atoms with E-state index in [9.17, 15) is 18.9 Å². The molecule has 5 rings (SSSR count). The van der Waals surface area contributed by atoms with Crippen LogP contribution in [-0.4, -0.2) is 83.3 Å². The van der Waals surface area contributed by atoms with Crippen molar-refractivity contribution in [2.75, 3.05) is 25.5 Å². The van der Waals surface area contributed by atoms with Gasteiger partial charge >= 0.3 is 25.7 Å². The van der Waals surface area contributed by atoms with E-state index in [4.69, 9.17) is 33.7 Å². The molecule has 17 heteroatoms. The Balaban J connectivity index is 1.55. The number of benzene rings is 1. The summed E-state index contributed by atoms with van der Waals surface area (Å²) in [5.41, 5.74) is 7.54. The predicted molar refractivity (Wildman–Crippen MR) is 213 cm³/mol. The predicted octanol–water partition coefficient (Wildman–Crippen LogP) is 5.78. The molecule has 0 bridgehead atoms.